The first-order valence-corrected chi connectivity index (χ1v) is 7.76. The predicted molar refractivity (Wildman–Crippen MR) is 82.8 cm³/mol. The van der Waals surface area contributed by atoms with Crippen molar-refractivity contribution >= 4 is 17.2 Å². The number of rotatable bonds is 4. The van der Waals surface area contributed by atoms with Crippen LogP contribution in [0.5, 0.6) is 5.75 Å². The summed E-state index contributed by atoms with van der Waals surface area (Å²) in [6.45, 7) is 2.29. The van der Waals surface area contributed by atoms with E-state index in [0.717, 1.165) is 18.6 Å². The largest absolute Gasteiger partial charge is 0.497 e. The van der Waals surface area contributed by atoms with E-state index in [0.29, 0.717) is 11.5 Å². The fourth-order valence-corrected chi connectivity index (χ4v) is 3.69. The lowest BCUT2D eigenvalue weighted by Gasteiger charge is -2.16. The number of hydroxylamine groups is 1. The fraction of sp³-hybridized carbons (Fsp3) is 0.312. The molecule has 1 aromatic carbocycles. The zero-order valence-electron chi connectivity index (χ0n) is 12.1. The molecule has 0 fully saturated rings. The van der Waals surface area contributed by atoms with Gasteiger partial charge in [0.2, 0.25) is 0 Å². The highest BCUT2D eigenvalue weighted by Gasteiger charge is 2.22. The molecule has 110 valence electrons. The summed E-state index contributed by atoms with van der Waals surface area (Å²) in [6, 6.07) is 8.10. The zero-order valence-corrected chi connectivity index (χ0v) is 12.9. The molecule has 1 heterocycles. The Kier molecular flexibility index (Phi) is 3.94. The molecule has 1 N–H and O–H groups in total. The Balaban J connectivity index is 1.94. The normalized spacial score (nSPS) is 12.5. The van der Waals surface area contributed by atoms with Crippen LogP contribution >= 0.6 is 11.3 Å². The highest BCUT2D eigenvalue weighted by Crippen LogP contribution is 2.40. The molecule has 0 unspecified atom stereocenters. The van der Waals surface area contributed by atoms with Gasteiger partial charge in [0.1, 0.15) is 5.75 Å². The molecule has 0 saturated carbocycles. The van der Waals surface area contributed by atoms with Crippen LogP contribution in [0.1, 0.15) is 27.7 Å². The lowest BCUT2D eigenvalue weighted by Crippen LogP contribution is -2.22. The Bertz CT molecular complexity index is 678. The van der Waals surface area contributed by atoms with Gasteiger partial charge in [-0.2, -0.15) is 0 Å². The molecule has 21 heavy (non-hydrogen) atoms. The van der Waals surface area contributed by atoms with Crippen molar-refractivity contribution in [2.45, 2.75) is 19.8 Å². The van der Waals surface area contributed by atoms with E-state index in [9.17, 15) is 4.79 Å². The van der Waals surface area contributed by atoms with Gasteiger partial charge in [0.15, 0.2) is 0 Å². The Morgan fingerprint density at radius 3 is 2.86 bits per heavy atom. The van der Waals surface area contributed by atoms with Crippen LogP contribution in [-0.4, -0.2) is 19.6 Å². The number of hydrogen-bond acceptors (Lipinski definition) is 4. The van der Waals surface area contributed by atoms with E-state index in [1.54, 1.807) is 7.11 Å². The van der Waals surface area contributed by atoms with Crippen LogP contribution < -0.4 is 10.2 Å². The highest BCUT2D eigenvalue weighted by atomic mass is 32.1. The molecule has 0 spiro atoms. The van der Waals surface area contributed by atoms with Crippen LogP contribution in [0.2, 0.25) is 0 Å². The Morgan fingerprint density at radius 1 is 1.29 bits per heavy atom. The zero-order chi connectivity index (χ0) is 14.8. The van der Waals surface area contributed by atoms with E-state index in [1.165, 1.54) is 32.9 Å². The number of carbonyl (C=O) groups is 1. The number of methoxy groups -OCH3 is 1. The summed E-state index contributed by atoms with van der Waals surface area (Å²) in [5.41, 5.74) is 6.17. The third kappa shape index (κ3) is 2.66. The topological polar surface area (TPSA) is 47.6 Å². The van der Waals surface area contributed by atoms with E-state index >= 15 is 0 Å². The Hall–Kier alpha value is -1.85. The summed E-state index contributed by atoms with van der Waals surface area (Å²) >= 11 is 1.52. The second kappa shape index (κ2) is 5.87. The number of amides is 1. The van der Waals surface area contributed by atoms with Crippen LogP contribution in [0.4, 0.5) is 0 Å². The first-order chi connectivity index (χ1) is 10.2. The van der Waals surface area contributed by atoms with Crippen molar-refractivity contribution in [3.05, 3.63) is 40.3 Å². The van der Waals surface area contributed by atoms with Gasteiger partial charge in [0, 0.05) is 4.88 Å². The first-order valence-electron chi connectivity index (χ1n) is 6.95. The smallest absolute Gasteiger partial charge is 0.284 e. The van der Waals surface area contributed by atoms with Crippen LogP contribution in [0.15, 0.2) is 24.3 Å². The lowest BCUT2D eigenvalue weighted by atomic mass is 9.91. The minimum Gasteiger partial charge on any atom is -0.497 e. The molecule has 1 aliphatic carbocycles. The number of fused-ring (bicyclic) bond motifs is 3. The molecule has 0 radical (unpaired) electrons. The van der Waals surface area contributed by atoms with Crippen molar-refractivity contribution in [2.75, 3.05) is 13.7 Å². The third-order valence-electron chi connectivity index (χ3n) is 3.56. The monoisotopic (exact) mass is 303 g/mol. The molecule has 1 amide bonds. The predicted octanol–water partition coefficient (Wildman–Crippen LogP) is 3.20. The molecule has 0 atom stereocenters. The average Bonchev–Trinajstić information content (AvgIpc) is 2.96. The molecular weight excluding hydrogens is 286 g/mol. The highest BCUT2D eigenvalue weighted by molar-refractivity contribution is 7.17. The van der Waals surface area contributed by atoms with Crippen molar-refractivity contribution in [1.29, 1.82) is 0 Å². The standard InChI is InChI=1S/C16H17NO3S/c1-3-20-17-16(18)14-9-11-5-4-10-8-12(19-2)6-7-13(10)15(11)21-14/h6-9H,3-5H2,1-2H3,(H,17,18). The summed E-state index contributed by atoms with van der Waals surface area (Å²) < 4.78 is 5.28. The average molecular weight is 303 g/mol. The molecule has 1 aromatic heterocycles. The molecule has 4 nitrogen and oxygen atoms in total. The molecule has 0 saturated heterocycles. The van der Waals surface area contributed by atoms with E-state index < -0.39 is 0 Å². The summed E-state index contributed by atoms with van der Waals surface area (Å²) in [4.78, 5) is 18.8. The SMILES string of the molecule is CCONC(=O)c1cc2c(s1)-c1ccc(OC)cc1CC2. The van der Waals surface area contributed by atoms with Gasteiger partial charge in [-0.25, -0.2) is 5.48 Å². The molecule has 1 aliphatic rings. The van der Waals surface area contributed by atoms with Gasteiger partial charge in [0.05, 0.1) is 18.6 Å². The number of ether oxygens (including phenoxy) is 1. The van der Waals surface area contributed by atoms with Gasteiger partial charge in [-0.1, -0.05) is 0 Å². The molecule has 2 aromatic rings. The number of benzene rings is 1. The number of aryl methyl sites for hydroxylation is 2. The van der Waals surface area contributed by atoms with Crippen molar-refractivity contribution < 1.29 is 14.4 Å². The van der Waals surface area contributed by atoms with Crippen LogP contribution in [0.3, 0.4) is 0 Å². The summed E-state index contributed by atoms with van der Waals surface area (Å²) in [5.74, 6) is 0.703. The lowest BCUT2D eigenvalue weighted by molar-refractivity contribution is 0.0368. The number of hydrogen-bond donors (Lipinski definition) is 1. The molecular formula is C16H17NO3S. The van der Waals surface area contributed by atoms with Crippen molar-refractivity contribution in [2.24, 2.45) is 0 Å². The molecule has 5 heteroatoms. The van der Waals surface area contributed by atoms with Gasteiger partial charge >= 0.3 is 0 Å². The quantitative estimate of drug-likeness (QED) is 0.882. The number of nitrogens with one attached hydrogen (secondary N) is 1. The second-order valence-electron chi connectivity index (χ2n) is 4.85. The molecule has 3 rings (SSSR count). The minimum absolute atomic E-state index is 0.175. The second-order valence-corrected chi connectivity index (χ2v) is 5.90. The Labute approximate surface area is 127 Å². The first kappa shape index (κ1) is 14.1. The van der Waals surface area contributed by atoms with E-state index in [4.69, 9.17) is 9.57 Å². The van der Waals surface area contributed by atoms with Crippen LogP contribution in [-0.2, 0) is 17.7 Å². The van der Waals surface area contributed by atoms with Gasteiger partial charge in [-0.3, -0.25) is 9.63 Å². The molecule has 0 aliphatic heterocycles. The van der Waals surface area contributed by atoms with Crippen LogP contribution in [0, 0.1) is 0 Å². The minimum atomic E-state index is -0.175. The van der Waals surface area contributed by atoms with E-state index in [2.05, 4.69) is 17.6 Å². The number of thiophene rings is 1. The van der Waals surface area contributed by atoms with E-state index in [1.807, 2.05) is 19.1 Å². The van der Waals surface area contributed by atoms with Gasteiger partial charge in [-0.05, 0) is 60.7 Å². The van der Waals surface area contributed by atoms with E-state index in [-0.39, 0.29) is 5.91 Å². The summed E-state index contributed by atoms with van der Waals surface area (Å²) in [6.07, 6.45) is 1.93. The molecule has 0 bridgehead atoms. The maximum atomic E-state index is 12.0. The van der Waals surface area contributed by atoms with Crippen LogP contribution in [0.25, 0.3) is 10.4 Å². The van der Waals surface area contributed by atoms with Gasteiger partial charge in [-0.15, -0.1) is 11.3 Å². The van der Waals surface area contributed by atoms with Crippen molar-refractivity contribution in [3.8, 4) is 16.2 Å². The van der Waals surface area contributed by atoms with Gasteiger partial charge in [0.25, 0.3) is 5.91 Å². The fourth-order valence-electron chi connectivity index (χ4n) is 2.54. The number of carbonyl (C=O) groups excluding carboxylic acids is 1. The van der Waals surface area contributed by atoms with Crippen molar-refractivity contribution in [1.82, 2.24) is 5.48 Å². The maximum absolute atomic E-state index is 12.0. The summed E-state index contributed by atoms with van der Waals surface area (Å²) in [5, 5.41) is 0. The van der Waals surface area contributed by atoms with Gasteiger partial charge < -0.3 is 4.74 Å². The maximum Gasteiger partial charge on any atom is 0.284 e. The summed E-state index contributed by atoms with van der Waals surface area (Å²) in [7, 11) is 1.68. The third-order valence-corrected chi connectivity index (χ3v) is 4.77. The Morgan fingerprint density at radius 2 is 2.10 bits per heavy atom. The van der Waals surface area contributed by atoms with Crippen molar-refractivity contribution in [3.63, 3.8) is 0 Å².